The highest BCUT2D eigenvalue weighted by atomic mass is 27.1. The van der Waals surface area contributed by atoms with E-state index < -0.39 is 120 Å². The third kappa shape index (κ3) is 28.1. The van der Waals surface area contributed by atoms with Crippen molar-refractivity contribution in [2.24, 2.45) is 40.7 Å². The van der Waals surface area contributed by atoms with Crippen molar-refractivity contribution in [2.45, 2.75) is 272 Å². The van der Waals surface area contributed by atoms with Crippen molar-refractivity contribution in [1.29, 1.82) is 0 Å². The van der Waals surface area contributed by atoms with Crippen LogP contribution in [0.3, 0.4) is 0 Å². The number of hydrogen-bond donors (Lipinski definition) is 8. The van der Waals surface area contributed by atoms with Crippen molar-refractivity contribution in [3.05, 3.63) is 65.7 Å². The van der Waals surface area contributed by atoms with Gasteiger partial charge in [0.25, 0.3) is 0 Å². The molecule has 25 nitrogen and oxygen atoms in total. The number of carbonyl (C=O) groups excluding carboxylic acids is 10. The minimum atomic E-state index is -4.59. The second-order valence-corrected chi connectivity index (χ2v) is 32.4. The number of methoxy groups -OCH3 is 2. The van der Waals surface area contributed by atoms with E-state index in [1.165, 1.54) is 19.1 Å². The van der Waals surface area contributed by atoms with E-state index >= 15 is 0 Å². The Morgan fingerprint density at radius 3 is 1.90 bits per heavy atom. The maximum absolute atomic E-state index is 14.8. The van der Waals surface area contributed by atoms with Gasteiger partial charge in [0, 0.05) is 71.4 Å². The normalized spacial score (nSPS) is 18.5. The second-order valence-electron chi connectivity index (χ2n) is 31.4. The van der Waals surface area contributed by atoms with E-state index in [2.05, 4.69) is 58.0 Å². The molecule has 0 unspecified atom stereocenters. The molecule has 0 aromatic heterocycles. The van der Waals surface area contributed by atoms with E-state index in [1.54, 1.807) is 65.8 Å². The van der Waals surface area contributed by atoms with Gasteiger partial charge in [-0.25, -0.2) is 4.79 Å². The van der Waals surface area contributed by atoms with Crippen molar-refractivity contribution >= 4 is 81.4 Å². The van der Waals surface area contributed by atoms with Crippen molar-refractivity contribution in [3.8, 4) is 0 Å². The summed E-state index contributed by atoms with van der Waals surface area (Å²) < 4.78 is 57.5. The third-order valence-electron chi connectivity index (χ3n) is 22.0. The number of primary amides is 1. The minimum Gasteiger partial charge on any atom is -0.437 e. The fourth-order valence-electron chi connectivity index (χ4n) is 15.6. The van der Waals surface area contributed by atoms with Crippen LogP contribution in [0.25, 0.3) is 0 Å². The van der Waals surface area contributed by atoms with Crippen LogP contribution in [0, 0.1) is 35.0 Å². The molecule has 29 heteroatoms. The van der Waals surface area contributed by atoms with Crippen molar-refractivity contribution in [1.82, 2.24) is 55.4 Å². The molecule has 2 heterocycles. The van der Waals surface area contributed by atoms with Crippen molar-refractivity contribution in [3.63, 3.8) is 0 Å². The summed E-state index contributed by atoms with van der Waals surface area (Å²) in [6.07, 6.45) is 1.14. The standard InChI is InChI=1S/C79H130F3N13O12.Al.2H/c1-18-22-26-40-78(11,12)69(92(13)14)75(103)91-66(50(7)8)76(104)93(15)67(51(9)19-2)61(106-16)47-64(97)95-43-28-33-60(95)68(107-17)52(10)70(98)89-59(45-53-30-24-23-25-31-53)72(100)85-48-54-35-37-57(38-36-54)87-73(101)58(32-27-41-84-77(83)105)88-74(102)65(49(5)6)90-63(96)34-29-42-94-44-39-55(46-62(94)79(80,81)82)71(99)86-56(20-3)21-4;;;/h23-25,30-31,35-38,49-52,55-56,58-62,65-69H,18-22,26-29,32-34,39-48H2,1-17H3,(H10,83,84,85,86,87,88,89,90,91,96,98,99,100,101,102,103,105);;;/q;+1;;/p-1/t51-,52+,55-,58-,59-,60-,61+,62+,65-,66-,67-,68+,69+;;;/m0.../s1. The molecule has 0 bridgehead atoms. The fourth-order valence-corrected chi connectivity index (χ4v) is 16.7. The van der Waals surface area contributed by atoms with Gasteiger partial charge in [0.05, 0.1) is 42.7 Å². The van der Waals surface area contributed by atoms with Crippen LogP contribution < -0.4 is 43.0 Å². The molecule has 0 aliphatic carbocycles. The van der Waals surface area contributed by atoms with E-state index in [0.717, 1.165) is 44.1 Å². The Labute approximate surface area is 649 Å². The van der Waals surface area contributed by atoms with Crippen LogP contribution in [0.4, 0.5) is 23.7 Å². The smallest absolute Gasteiger partial charge is 0.404 e. The zero-order chi connectivity index (χ0) is 80.9. The second kappa shape index (κ2) is 45.4. The molecule has 2 aromatic rings. The average Bonchev–Trinajstić information content (AvgIpc) is 1.76. The van der Waals surface area contributed by atoms with Crippen LogP contribution in [-0.4, -0.2) is 233 Å². The highest BCUT2D eigenvalue weighted by molar-refractivity contribution is 6.15. The van der Waals surface area contributed by atoms with Crippen LogP contribution in [0.1, 0.15) is 197 Å². The summed E-state index contributed by atoms with van der Waals surface area (Å²) in [5.41, 5.74) is 6.65. The number of ether oxygens (including phenoxy) is 2. The number of unbranched alkanes of at least 4 members (excludes halogenated alkanes) is 2. The van der Waals surface area contributed by atoms with E-state index in [4.69, 9.17) is 15.2 Å². The number of halogens is 3. The zero-order valence-electron chi connectivity index (χ0n) is 67.8. The van der Waals surface area contributed by atoms with Gasteiger partial charge in [-0.05, 0) is 138 Å². The number of piperidine rings is 1. The summed E-state index contributed by atoms with van der Waals surface area (Å²) in [7, 11) is 8.51. The highest BCUT2D eigenvalue weighted by Crippen LogP contribution is 2.37. The lowest BCUT2D eigenvalue weighted by atomic mass is 9.78. The molecule has 2 fully saturated rings. The number of likely N-dealkylation sites (tertiary alicyclic amines) is 2. The zero-order valence-corrected chi connectivity index (χ0v) is 69.8. The number of alkyl halides is 3. The lowest BCUT2D eigenvalue weighted by Crippen LogP contribution is -2.60. The monoisotopic (exact) mass is 1540 g/mol. The molecule has 0 spiro atoms. The molecule has 0 radical (unpaired) electrons. The van der Waals surface area contributed by atoms with E-state index in [0.29, 0.717) is 53.6 Å². The lowest BCUT2D eigenvalue weighted by molar-refractivity contribution is -0.196. The van der Waals surface area contributed by atoms with Gasteiger partial charge in [0.15, 0.2) is 0 Å². The predicted molar refractivity (Wildman–Crippen MR) is 416 cm³/mol. The van der Waals surface area contributed by atoms with Gasteiger partial charge in [0.2, 0.25) is 53.2 Å². The van der Waals surface area contributed by atoms with Gasteiger partial charge < -0.3 is 66.1 Å². The topological polar surface area (TPSA) is 316 Å². The molecule has 2 aliphatic heterocycles. The number of nitrogens with zero attached hydrogens (tertiary/aromatic N) is 5. The molecule has 13 atom stereocenters. The van der Waals surface area contributed by atoms with Crippen molar-refractivity contribution in [2.75, 3.05) is 66.9 Å². The first-order chi connectivity index (χ1) is 50.9. The van der Waals surface area contributed by atoms with Gasteiger partial charge in [0.1, 0.15) is 30.2 Å². The lowest BCUT2D eigenvalue weighted by Gasteiger charge is -2.42. The first-order valence-electron chi connectivity index (χ1n) is 39.2. The molecular formula is C79H131AlF3N13O12. The van der Waals surface area contributed by atoms with Crippen LogP contribution in [-0.2, 0) is 65.6 Å². The maximum atomic E-state index is 14.8. The number of hydrogen-bond acceptors (Lipinski definition) is 14. The molecular weight excluding hydrogens is 1410 g/mol. The number of nitrogens with one attached hydrogen (secondary N) is 7. The first-order valence-corrected chi connectivity index (χ1v) is 40.1. The molecule has 2 saturated heterocycles. The van der Waals surface area contributed by atoms with Crippen LogP contribution in [0.5, 0.6) is 0 Å². The number of likely N-dealkylation sites (N-methyl/N-ethyl adjacent to an activating group) is 2. The Bertz CT molecular complexity index is 3190. The number of anilines is 1. The largest absolute Gasteiger partial charge is 0.437 e. The Morgan fingerprint density at radius 2 is 1.33 bits per heavy atom. The molecule has 0 saturated carbocycles. The molecule has 608 valence electrons. The highest BCUT2D eigenvalue weighted by Gasteiger charge is 2.49. The number of benzene rings is 2. The van der Waals surface area contributed by atoms with Gasteiger partial charge in [-0.3, -0.25) is 53.0 Å². The molecule has 2 aromatic carbocycles. The summed E-state index contributed by atoms with van der Waals surface area (Å²) in [5.74, 6) is -6.31. The van der Waals surface area contributed by atoms with Crippen LogP contribution in [0.2, 0.25) is 0 Å². The summed E-state index contributed by atoms with van der Waals surface area (Å²) in [5, 5.41) is 19.8. The van der Waals surface area contributed by atoms with Gasteiger partial charge in [-0.1, -0.05) is 151 Å². The van der Waals surface area contributed by atoms with Crippen LogP contribution in [0.15, 0.2) is 54.6 Å². The number of urea groups is 1. The Kier molecular flexibility index (Phi) is 39.3. The Balaban J connectivity index is 1.44. The third-order valence-corrected chi connectivity index (χ3v) is 23.2. The molecule has 9 N–H and O–H groups in total. The predicted octanol–water partition coefficient (Wildman–Crippen LogP) is 7.63. The quantitative estimate of drug-likeness (QED) is 0.0234. The number of nitrogens with two attached hydrogens (primary N) is 1. The summed E-state index contributed by atoms with van der Waals surface area (Å²) in [6.45, 7) is 23.7. The summed E-state index contributed by atoms with van der Waals surface area (Å²) >= 11 is 0.408. The van der Waals surface area contributed by atoms with Crippen LogP contribution >= 0.6 is 0 Å². The molecule has 11 amide bonds. The van der Waals surface area contributed by atoms with Gasteiger partial charge in [-0.15, -0.1) is 0 Å². The van der Waals surface area contributed by atoms with Gasteiger partial charge in [-0.2, -0.15) is 13.2 Å². The SMILES string of the molecule is CCCCCC(C)(C)[C@@H](C(=O)N[C@H](C(=O)N(C)[C@@H]([C@@H](C)CC)[C@@H](CC(=O)N1CCC[C@H]1[C@H](OC)[C@@H](C)C(=O)N[C@@H](Cc1ccccc1)C(=O)NCc1ccc(NC(=O)[C@H](CCCNC(N)=O)NC(=O)[C@@H](NC(=O)CCCN2CC[C@H](C(=O)[N]([AlH2])C(CC)CC)C[C@@H]2C(F)(F)F)C(C)C)cc1)OC)C(C)C)N(C)C. The Hall–Kier alpha value is -6.90. The fraction of sp³-hybridized carbons (Fsp3) is 0.722. The van der Waals surface area contributed by atoms with Gasteiger partial charge >= 0.3 is 28.7 Å². The van der Waals surface area contributed by atoms with Crippen molar-refractivity contribution < 1.29 is 70.6 Å². The number of carbonyl (C=O) groups is 10. The molecule has 108 heavy (non-hydrogen) atoms. The number of rotatable bonds is 45. The molecule has 2 aliphatic rings. The molecule has 4 rings (SSSR count). The first kappa shape index (κ1) is 93.5. The van der Waals surface area contributed by atoms with E-state index in [-0.39, 0.29) is 124 Å². The minimum absolute atomic E-state index is 0.00779. The summed E-state index contributed by atoms with van der Waals surface area (Å²) in [4.78, 5) is 146. The van der Waals surface area contributed by atoms with E-state index in [1.807, 2.05) is 90.9 Å². The maximum Gasteiger partial charge on any atom is 0.404 e. The average molecular weight is 1540 g/mol. The Morgan fingerprint density at radius 1 is 0.694 bits per heavy atom. The van der Waals surface area contributed by atoms with E-state index in [9.17, 15) is 61.1 Å². The number of amides is 11. The summed E-state index contributed by atoms with van der Waals surface area (Å²) in [6, 6.07) is 7.30.